The van der Waals surface area contributed by atoms with E-state index >= 15 is 0 Å². The van der Waals surface area contributed by atoms with Crippen molar-refractivity contribution in [1.82, 2.24) is 9.97 Å². The Balaban J connectivity index is 2.43. The minimum atomic E-state index is 0.573. The fourth-order valence-corrected chi connectivity index (χ4v) is 1.76. The Morgan fingerprint density at radius 1 is 1.64 bits per heavy atom. The zero-order chi connectivity index (χ0) is 7.84. The second-order valence-electron chi connectivity index (χ2n) is 3.28. The van der Waals surface area contributed by atoms with Crippen LogP contribution in [0.3, 0.4) is 0 Å². The van der Waals surface area contributed by atoms with E-state index in [4.69, 9.17) is 5.73 Å². The van der Waals surface area contributed by atoms with Crippen molar-refractivity contribution in [3.63, 3.8) is 0 Å². The van der Waals surface area contributed by atoms with Crippen molar-refractivity contribution in [2.24, 2.45) is 0 Å². The zero-order valence-corrected chi connectivity index (χ0v) is 6.72. The Labute approximate surface area is 66.0 Å². The number of hydrogen-bond acceptors (Lipinski definition) is 2. The normalized spacial score (nSPS) is 23.2. The van der Waals surface area contributed by atoms with Crippen LogP contribution in [0, 0.1) is 0 Å². The lowest BCUT2D eigenvalue weighted by atomic mass is 9.92. The molecule has 3 N–H and O–H groups in total. The Hall–Kier alpha value is -0.990. The second-order valence-corrected chi connectivity index (χ2v) is 3.28. The van der Waals surface area contributed by atoms with Crippen molar-refractivity contribution in [2.45, 2.75) is 32.1 Å². The first-order chi connectivity index (χ1) is 5.27. The van der Waals surface area contributed by atoms with Gasteiger partial charge in [0, 0.05) is 11.6 Å². The van der Waals surface area contributed by atoms with Crippen LogP contribution >= 0.6 is 0 Å². The van der Waals surface area contributed by atoms with E-state index in [1.165, 1.54) is 24.2 Å². The number of nitrogens with two attached hydrogens (primary N) is 1. The van der Waals surface area contributed by atoms with Gasteiger partial charge in [-0.3, -0.25) is 0 Å². The third-order valence-electron chi connectivity index (χ3n) is 2.36. The fraction of sp³-hybridized carbons (Fsp3) is 0.625. The average Bonchev–Trinajstić information content (AvgIpc) is 2.31. The van der Waals surface area contributed by atoms with Crippen LogP contribution < -0.4 is 5.73 Å². The van der Waals surface area contributed by atoms with Crippen LogP contribution in [-0.4, -0.2) is 9.97 Å². The first-order valence-electron chi connectivity index (χ1n) is 4.11. The molecule has 0 aliphatic heterocycles. The highest BCUT2D eigenvalue weighted by molar-refractivity contribution is 5.29. The van der Waals surface area contributed by atoms with Gasteiger partial charge in [0.15, 0.2) is 5.95 Å². The summed E-state index contributed by atoms with van der Waals surface area (Å²) in [5, 5.41) is 0. The topological polar surface area (TPSA) is 54.7 Å². The van der Waals surface area contributed by atoms with Gasteiger partial charge >= 0.3 is 0 Å². The summed E-state index contributed by atoms with van der Waals surface area (Å²) in [4.78, 5) is 7.35. The minimum absolute atomic E-state index is 0.573. The van der Waals surface area contributed by atoms with Gasteiger partial charge in [0.05, 0.1) is 5.69 Å². The summed E-state index contributed by atoms with van der Waals surface area (Å²) < 4.78 is 0. The molecule has 0 bridgehead atoms. The molecule has 3 heteroatoms. The predicted molar refractivity (Wildman–Crippen MR) is 44.4 cm³/mol. The Kier molecular flexibility index (Phi) is 1.37. The molecular weight excluding hydrogens is 138 g/mol. The third kappa shape index (κ3) is 1.00. The molecule has 1 aromatic rings. The molecule has 0 saturated heterocycles. The van der Waals surface area contributed by atoms with Gasteiger partial charge < -0.3 is 10.7 Å². The van der Waals surface area contributed by atoms with Crippen LogP contribution in [0.1, 0.15) is 37.1 Å². The number of anilines is 1. The minimum Gasteiger partial charge on any atom is -0.369 e. The van der Waals surface area contributed by atoms with Crippen molar-refractivity contribution in [1.29, 1.82) is 0 Å². The van der Waals surface area contributed by atoms with Gasteiger partial charge in [-0.15, -0.1) is 0 Å². The SMILES string of the molecule is CC1CCCc2[nH]c(N)nc21. The number of nitrogens with zero attached hydrogens (tertiary/aromatic N) is 1. The number of aromatic amines is 1. The van der Waals surface area contributed by atoms with Crippen molar-refractivity contribution in [2.75, 3.05) is 5.73 Å². The van der Waals surface area contributed by atoms with Gasteiger partial charge in [0.25, 0.3) is 0 Å². The van der Waals surface area contributed by atoms with Gasteiger partial charge in [-0.25, -0.2) is 4.98 Å². The number of nitrogens with one attached hydrogen (secondary N) is 1. The number of H-pyrrole nitrogens is 1. The van der Waals surface area contributed by atoms with Gasteiger partial charge in [0.2, 0.25) is 0 Å². The van der Waals surface area contributed by atoms with E-state index in [0.29, 0.717) is 11.9 Å². The standard InChI is InChI=1S/C8H13N3/c1-5-3-2-4-6-7(5)11-8(9)10-6/h5H,2-4H2,1H3,(H3,9,10,11). The van der Waals surface area contributed by atoms with Crippen LogP contribution in [-0.2, 0) is 6.42 Å². The van der Waals surface area contributed by atoms with E-state index in [2.05, 4.69) is 16.9 Å². The maximum Gasteiger partial charge on any atom is 0.197 e. The number of hydrogen-bond donors (Lipinski definition) is 2. The molecular formula is C8H13N3. The first-order valence-corrected chi connectivity index (χ1v) is 4.11. The maximum atomic E-state index is 5.55. The molecule has 0 radical (unpaired) electrons. The number of nitrogen functional groups attached to an aromatic ring is 1. The van der Waals surface area contributed by atoms with Crippen molar-refractivity contribution >= 4 is 5.95 Å². The molecule has 0 fully saturated rings. The summed E-state index contributed by atoms with van der Waals surface area (Å²) in [5.41, 5.74) is 7.99. The van der Waals surface area contributed by atoms with Crippen molar-refractivity contribution in [3.05, 3.63) is 11.4 Å². The van der Waals surface area contributed by atoms with Gasteiger partial charge in [0.1, 0.15) is 0 Å². The third-order valence-corrected chi connectivity index (χ3v) is 2.36. The monoisotopic (exact) mass is 151 g/mol. The number of rotatable bonds is 0. The van der Waals surface area contributed by atoms with Crippen molar-refractivity contribution < 1.29 is 0 Å². The first kappa shape index (κ1) is 6.70. The van der Waals surface area contributed by atoms with Crippen LogP contribution in [0.2, 0.25) is 0 Å². The summed E-state index contributed by atoms with van der Waals surface area (Å²) in [7, 11) is 0. The van der Waals surface area contributed by atoms with Crippen LogP contribution in [0.4, 0.5) is 5.95 Å². The summed E-state index contributed by atoms with van der Waals surface area (Å²) in [5.74, 6) is 1.16. The van der Waals surface area contributed by atoms with E-state index in [9.17, 15) is 0 Å². The number of imidazole rings is 1. The zero-order valence-electron chi connectivity index (χ0n) is 6.72. The molecule has 1 unspecified atom stereocenters. The lowest BCUT2D eigenvalue weighted by molar-refractivity contribution is 0.574. The number of aryl methyl sites for hydroxylation is 1. The van der Waals surface area contributed by atoms with E-state index in [0.717, 1.165) is 6.42 Å². The van der Waals surface area contributed by atoms with Crippen molar-refractivity contribution in [3.8, 4) is 0 Å². The molecule has 1 aliphatic carbocycles. The fourth-order valence-electron chi connectivity index (χ4n) is 1.76. The van der Waals surface area contributed by atoms with E-state index in [-0.39, 0.29) is 0 Å². The van der Waals surface area contributed by atoms with Gasteiger partial charge in [-0.2, -0.15) is 0 Å². The van der Waals surface area contributed by atoms with Crippen LogP contribution in [0.15, 0.2) is 0 Å². The lowest BCUT2D eigenvalue weighted by Crippen LogP contribution is -2.05. The van der Waals surface area contributed by atoms with Crippen LogP contribution in [0.25, 0.3) is 0 Å². The average molecular weight is 151 g/mol. The van der Waals surface area contributed by atoms with Crippen LogP contribution in [0.5, 0.6) is 0 Å². The van der Waals surface area contributed by atoms with Gasteiger partial charge in [-0.1, -0.05) is 6.92 Å². The molecule has 1 heterocycles. The number of aromatic nitrogens is 2. The quantitative estimate of drug-likeness (QED) is 0.589. The molecule has 1 aliphatic rings. The van der Waals surface area contributed by atoms with Gasteiger partial charge in [-0.05, 0) is 19.3 Å². The Morgan fingerprint density at radius 3 is 3.18 bits per heavy atom. The molecule has 1 atom stereocenters. The summed E-state index contributed by atoms with van der Waals surface area (Å²) in [6, 6.07) is 0. The Morgan fingerprint density at radius 2 is 2.45 bits per heavy atom. The highest BCUT2D eigenvalue weighted by atomic mass is 15.0. The molecule has 1 aromatic heterocycles. The van der Waals surface area contributed by atoms with E-state index in [1.807, 2.05) is 0 Å². The highest BCUT2D eigenvalue weighted by Gasteiger charge is 2.19. The largest absolute Gasteiger partial charge is 0.369 e. The molecule has 0 spiro atoms. The highest BCUT2D eigenvalue weighted by Crippen LogP contribution is 2.29. The lowest BCUT2D eigenvalue weighted by Gasteiger charge is -2.15. The molecule has 60 valence electrons. The second kappa shape index (κ2) is 2.26. The molecule has 2 rings (SSSR count). The maximum absolute atomic E-state index is 5.55. The summed E-state index contributed by atoms with van der Waals surface area (Å²) in [6.07, 6.45) is 3.62. The summed E-state index contributed by atoms with van der Waals surface area (Å²) >= 11 is 0. The smallest absolute Gasteiger partial charge is 0.197 e. The molecule has 0 aromatic carbocycles. The Bertz CT molecular complexity index is 264. The molecule has 0 saturated carbocycles. The van der Waals surface area contributed by atoms with E-state index < -0.39 is 0 Å². The molecule has 3 nitrogen and oxygen atoms in total. The van der Waals surface area contributed by atoms with E-state index in [1.54, 1.807) is 0 Å². The predicted octanol–water partition coefficient (Wildman–Crippen LogP) is 1.43. The number of fused-ring (bicyclic) bond motifs is 1. The summed E-state index contributed by atoms with van der Waals surface area (Å²) in [6.45, 7) is 2.21. The molecule has 11 heavy (non-hydrogen) atoms. The molecule has 0 amide bonds.